The number of carbonyl (C=O) groups is 1. The Morgan fingerprint density at radius 3 is 2.64 bits per heavy atom. The highest BCUT2D eigenvalue weighted by Gasteiger charge is 2.06. The van der Waals surface area contributed by atoms with Gasteiger partial charge in [-0.1, -0.05) is 25.1 Å². The van der Waals surface area contributed by atoms with Gasteiger partial charge in [-0.2, -0.15) is 0 Å². The predicted octanol–water partition coefficient (Wildman–Crippen LogP) is 1.99. The van der Waals surface area contributed by atoms with E-state index in [-0.39, 0.29) is 5.78 Å². The zero-order valence-electron chi connectivity index (χ0n) is 9.08. The molecule has 1 aromatic rings. The summed E-state index contributed by atoms with van der Waals surface area (Å²) in [5.74, 6) is 0.185. The molecule has 2 nitrogen and oxygen atoms in total. The van der Waals surface area contributed by atoms with Crippen molar-refractivity contribution in [3.63, 3.8) is 0 Å². The molecule has 0 bridgehead atoms. The smallest absolute Gasteiger partial charge is 0.176 e. The highest BCUT2D eigenvalue weighted by molar-refractivity contribution is 5.97. The summed E-state index contributed by atoms with van der Waals surface area (Å²) in [6.45, 7) is 2.57. The summed E-state index contributed by atoms with van der Waals surface area (Å²) < 4.78 is 0. The minimum Gasteiger partial charge on any atom is -0.302 e. The lowest BCUT2D eigenvalue weighted by atomic mass is 10.1. The lowest BCUT2D eigenvalue weighted by molar-refractivity contribution is 0.0958. The van der Waals surface area contributed by atoms with Gasteiger partial charge in [-0.15, -0.1) is 0 Å². The fourth-order valence-electron chi connectivity index (χ4n) is 1.34. The van der Waals surface area contributed by atoms with Crippen LogP contribution in [0.3, 0.4) is 0 Å². The van der Waals surface area contributed by atoms with Crippen molar-refractivity contribution in [2.75, 3.05) is 20.6 Å². The minimum absolute atomic E-state index is 0.185. The van der Waals surface area contributed by atoms with Gasteiger partial charge in [0, 0.05) is 5.56 Å². The normalized spacial score (nSPS) is 10.6. The van der Waals surface area contributed by atoms with Crippen molar-refractivity contribution in [1.29, 1.82) is 0 Å². The molecule has 76 valence electrons. The number of rotatable bonds is 4. The van der Waals surface area contributed by atoms with E-state index < -0.39 is 0 Å². The van der Waals surface area contributed by atoms with Gasteiger partial charge in [0.2, 0.25) is 0 Å². The second-order valence-electron chi connectivity index (χ2n) is 3.71. The van der Waals surface area contributed by atoms with E-state index in [1.165, 1.54) is 5.56 Å². The molecule has 0 saturated heterocycles. The molecular weight excluding hydrogens is 174 g/mol. The Bertz CT molecular complexity index is 318. The first-order chi connectivity index (χ1) is 6.63. The zero-order chi connectivity index (χ0) is 10.6. The van der Waals surface area contributed by atoms with Crippen molar-refractivity contribution in [2.45, 2.75) is 13.3 Å². The van der Waals surface area contributed by atoms with E-state index in [2.05, 4.69) is 6.92 Å². The van der Waals surface area contributed by atoms with Crippen molar-refractivity contribution < 1.29 is 4.79 Å². The first kappa shape index (κ1) is 10.9. The Balaban J connectivity index is 2.79. The average Bonchev–Trinajstić information content (AvgIpc) is 2.17. The fourth-order valence-corrected chi connectivity index (χ4v) is 1.34. The van der Waals surface area contributed by atoms with Crippen molar-refractivity contribution in [1.82, 2.24) is 4.90 Å². The van der Waals surface area contributed by atoms with Gasteiger partial charge in [-0.25, -0.2) is 0 Å². The molecule has 14 heavy (non-hydrogen) atoms. The van der Waals surface area contributed by atoms with E-state index in [1.54, 1.807) is 0 Å². The summed E-state index contributed by atoms with van der Waals surface area (Å²) in [6.07, 6.45) is 0.975. The standard InChI is InChI=1S/C12H17NO/c1-4-10-6-5-7-11(8-10)12(14)9-13(2)3/h5-8H,4,9H2,1-3H3. The summed E-state index contributed by atoms with van der Waals surface area (Å²) in [5.41, 5.74) is 2.03. The fraction of sp³-hybridized carbons (Fsp3) is 0.417. The third-order valence-electron chi connectivity index (χ3n) is 2.12. The van der Waals surface area contributed by atoms with E-state index in [9.17, 15) is 4.79 Å². The SMILES string of the molecule is CCc1cccc(C(=O)CN(C)C)c1. The van der Waals surface area contributed by atoms with E-state index in [4.69, 9.17) is 0 Å². The maximum Gasteiger partial charge on any atom is 0.176 e. The van der Waals surface area contributed by atoms with Gasteiger partial charge in [0.05, 0.1) is 6.54 Å². The van der Waals surface area contributed by atoms with Gasteiger partial charge in [-0.3, -0.25) is 4.79 Å². The minimum atomic E-state index is 0.185. The molecule has 0 N–H and O–H groups in total. The second kappa shape index (κ2) is 4.91. The molecular formula is C12H17NO. The molecule has 0 radical (unpaired) electrons. The van der Waals surface area contributed by atoms with Crippen LogP contribution in [0.2, 0.25) is 0 Å². The van der Waals surface area contributed by atoms with Crippen LogP contribution >= 0.6 is 0 Å². The van der Waals surface area contributed by atoms with Crippen LogP contribution in [-0.4, -0.2) is 31.3 Å². The average molecular weight is 191 g/mol. The van der Waals surface area contributed by atoms with Crippen molar-refractivity contribution in [2.24, 2.45) is 0 Å². The van der Waals surface area contributed by atoms with Gasteiger partial charge in [0.1, 0.15) is 0 Å². The third kappa shape index (κ3) is 2.96. The highest BCUT2D eigenvalue weighted by atomic mass is 16.1. The van der Waals surface area contributed by atoms with E-state index in [0.717, 1.165) is 12.0 Å². The lowest BCUT2D eigenvalue weighted by Gasteiger charge is -2.08. The van der Waals surface area contributed by atoms with Crippen LogP contribution in [0.15, 0.2) is 24.3 Å². The number of benzene rings is 1. The number of nitrogens with zero attached hydrogens (tertiary/aromatic N) is 1. The molecule has 1 rings (SSSR count). The Labute approximate surface area is 85.5 Å². The summed E-state index contributed by atoms with van der Waals surface area (Å²) >= 11 is 0. The summed E-state index contributed by atoms with van der Waals surface area (Å²) in [7, 11) is 3.81. The monoisotopic (exact) mass is 191 g/mol. The summed E-state index contributed by atoms with van der Waals surface area (Å²) in [5, 5.41) is 0. The number of carbonyl (C=O) groups excluding carboxylic acids is 1. The maximum absolute atomic E-state index is 11.7. The molecule has 0 heterocycles. The Morgan fingerprint density at radius 1 is 1.36 bits per heavy atom. The maximum atomic E-state index is 11.7. The molecule has 0 aliphatic rings. The molecule has 0 aliphatic carbocycles. The zero-order valence-corrected chi connectivity index (χ0v) is 9.08. The number of hydrogen-bond acceptors (Lipinski definition) is 2. The first-order valence-corrected chi connectivity index (χ1v) is 4.90. The molecule has 0 atom stereocenters. The van der Waals surface area contributed by atoms with Crippen molar-refractivity contribution >= 4 is 5.78 Å². The van der Waals surface area contributed by atoms with Gasteiger partial charge in [-0.05, 0) is 32.1 Å². The van der Waals surface area contributed by atoms with Gasteiger partial charge in [0.15, 0.2) is 5.78 Å². The van der Waals surface area contributed by atoms with Crippen molar-refractivity contribution in [3.8, 4) is 0 Å². The van der Waals surface area contributed by atoms with Crippen LogP contribution < -0.4 is 0 Å². The number of likely N-dealkylation sites (N-methyl/N-ethyl adjacent to an activating group) is 1. The summed E-state index contributed by atoms with van der Waals surface area (Å²) in [4.78, 5) is 13.6. The predicted molar refractivity (Wildman–Crippen MR) is 58.7 cm³/mol. The van der Waals surface area contributed by atoms with E-state index >= 15 is 0 Å². The molecule has 1 aromatic carbocycles. The molecule has 0 fully saturated rings. The van der Waals surface area contributed by atoms with Crippen LogP contribution in [0.25, 0.3) is 0 Å². The summed E-state index contributed by atoms with van der Waals surface area (Å²) in [6, 6.07) is 7.85. The Kier molecular flexibility index (Phi) is 3.84. The van der Waals surface area contributed by atoms with Gasteiger partial charge < -0.3 is 4.90 Å². The van der Waals surface area contributed by atoms with Gasteiger partial charge >= 0.3 is 0 Å². The number of Topliss-reactive ketones (excluding diaryl/α,β-unsaturated/α-hetero) is 1. The van der Waals surface area contributed by atoms with Crippen molar-refractivity contribution in [3.05, 3.63) is 35.4 Å². The molecule has 0 aliphatic heterocycles. The van der Waals surface area contributed by atoms with Crippen LogP contribution in [0, 0.1) is 0 Å². The third-order valence-corrected chi connectivity index (χ3v) is 2.12. The van der Waals surface area contributed by atoms with Crippen LogP contribution in [0.5, 0.6) is 0 Å². The van der Waals surface area contributed by atoms with Crippen LogP contribution in [-0.2, 0) is 6.42 Å². The molecule has 0 aromatic heterocycles. The second-order valence-corrected chi connectivity index (χ2v) is 3.71. The number of ketones is 1. The number of hydrogen-bond donors (Lipinski definition) is 0. The molecule has 0 unspecified atom stereocenters. The van der Waals surface area contributed by atoms with Crippen LogP contribution in [0.4, 0.5) is 0 Å². The topological polar surface area (TPSA) is 20.3 Å². The lowest BCUT2D eigenvalue weighted by Crippen LogP contribution is -2.21. The van der Waals surface area contributed by atoms with Gasteiger partial charge in [0.25, 0.3) is 0 Å². The Morgan fingerprint density at radius 2 is 2.07 bits per heavy atom. The molecule has 2 heteroatoms. The largest absolute Gasteiger partial charge is 0.302 e. The number of aryl methyl sites for hydroxylation is 1. The van der Waals surface area contributed by atoms with E-state index in [1.807, 2.05) is 43.3 Å². The molecule has 0 saturated carbocycles. The Hall–Kier alpha value is -1.15. The molecule has 0 spiro atoms. The van der Waals surface area contributed by atoms with Crippen LogP contribution in [0.1, 0.15) is 22.8 Å². The molecule has 0 amide bonds. The quantitative estimate of drug-likeness (QED) is 0.678. The highest BCUT2D eigenvalue weighted by Crippen LogP contribution is 2.06. The van der Waals surface area contributed by atoms with E-state index in [0.29, 0.717) is 6.54 Å². The first-order valence-electron chi connectivity index (χ1n) is 4.90.